The molecule has 0 saturated carbocycles. The molecule has 0 unspecified atom stereocenters. The second-order valence-electron chi connectivity index (χ2n) is 3.89. The van der Waals surface area contributed by atoms with E-state index in [2.05, 4.69) is 28.5 Å². The monoisotopic (exact) mass is 187 g/mol. The Balaban J connectivity index is 2.52. The number of fused-ring (bicyclic) bond motifs is 3. The summed E-state index contributed by atoms with van der Waals surface area (Å²) in [7, 11) is 0. The number of aromatic nitrogens is 2. The maximum atomic E-state index is 4.42. The number of hydrogen-bond acceptors (Lipinski definition) is 2. The predicted molar refractivity (Wildman–Crippen MR) is 55.2 cm³/mol. The molecule has 2 aromatic heterocycles. The first-order valence-electron chi connectivity index (χ1n) is 4.93. The molecule has 3 heterocycles. The van der Waals surface area contributed by atoms with E-state index in [1.54, 1.807) is 0 Å². The summed E-state index contributed by atoms with van der Waals surface area (Å²) in [4.78, 5) is 4.42. The Morgan fingerprint density at radius 3 is 2.93 bits per heavy atom. The van der Waals surface area contributed by atoms with Crippen molar-refractivity contribution in [3.8, 4) is 0 Å². The second-order valence-corrected chi connectivity index (χ2v) is 3.89. The summed E-state index contributed by atoms with van der Waals surface area (Å²) in [5.74, 6) is 0. The molecule has 0 atom stereocenters. The van der Waals surface area contributed by atoms with Crippen LogP contribution in [-0.4, -0.2) is 9.38 Å². The highest BCUT2D eigenvalue weighted by Crippen LogP contribution is 2.25. The van der Waals surface area contributed by atoms with Gasteiger partial charge < -0.3 is 9.72 Å². The van der Waals surface area contributed by atoms with Gasteiger partial charge in [0.1, 0.15) is 5.65 Å². The molecule has 3 nitrogen and oxygen atoms in total. The van der Waals surface area contributed by atoms with Crippen LogP contribution in [0.25, 0.3) is 5.65 Å². The summed E-state index contributed by atoms with van der Waals surface area (Å²) in [6.07, 6.45) is 3.91. The average Bonchev–Trinajstić information content (AvgIpc) is 2.80. The van der Waals surface area contributed by atoms with Crippen LogP contribution in [-0.2, 0) is 13.1 Å². The first-order valence-corrected chi connectivity index (χ1v) is 4.93. The van der Waals surface area contributed by atoms with Gasteiger partial charge in [-0.25, -0.2) is 4.98 Å². The molecule has 0 aromatic carbocycles. The van der Waals surface area contributed by atoms with Crippen molar-refractivity contribution in [1.29, 1.82) is 0 Å². The Bertz CT molecular complexity index is 511. The molecule has 14 heavy (non-hydrogen) atoms. The van der Waals surface area contributed by atoms with Crippen molar-refractivity contribution in [2.75, 3.05) is 0 Å². The van der Waals surface area contributed by atoms with Gasteiger partial charge in [0.25, 0.3) is 0 Å². The molecular formula is C11H13N3. The zero-order chi connectivity index (χ0) is 9.71. The van der Waals surface area contributed by atoms with Crippen LogP contribution >= 0.6 is 0 Å². The summed E-state index contributed by atoms with van der Waals surface area (Å²) < 4.78 is 2.18. The van der Waals surface area contributed by atoms with E-state index in [0.29, 0.717) is 0 Å². The minimum atomic E-state index is 0.955. The largest absolute Gasteiger partial charge is 0.308 e. The second kappa shape index (κ2) is 2.58. The van der Waals surface area contributed by atoms with E-state index in [1.807, 2.05) is 12.4 Å². The molecule has 3 heteroatoms. The molecule has 72 valence electrons. The molecule has 3 rings (SSSR count). The molecule has 1 aliphatic rings. The third kappa shape index (κ3) is 0.826. The van der Waals surface area contributed by atoms with E-state index in [0.717, 1.165) is 18.7 Å². The summed E-state index contributed by atoms with van der Waals surface area (Å²) >= 11 is 0. The van der Waals surface area contributed by atoms with Gasteiger partial charge in [-0.1, -0.05) is 0 Å². The number of rotatable bonds is 0. The fourth-order valence-electron chi connectivity index (χ4n) is 2.30. The van der Waals surface area contributed by atoms with Gasteiger partial charge in [-0.3, -0.25) is 0 Å². The van der Waals surface area contributed by atoms with Gasteiger partial charge in [0.05, 0.1) is 0 Å². The molecule has 2 aromatic rings. The van der Waals surface area contributed by atoms with E-state index >= 15 is 0 Å². The lowest BCUT2D eigenvalue weighted by Gasteiger charge is -2.10. The Morgan fingerprint density at radius 1 is 1.29 bits per heavy atom. The zero-order valence-electron chi connectivity index (χ0n) is 8.46. The fraction of sp³-hybridized carbons (Fsp3) is 0.364. The van der Waals surface area contributed by atoms with Crippen molar-refractivity contribution in [3.63, 3.8) is 0 Å². The van der Waals surface area contributed by atoms with Gasteiger partial charge in [0.2, 0.25) is 0 Å². The number of imidazole rings is 1. The van der Waals surface area contributed by atoms with Crippen molar-refractivity contribution in [3.05, 3.63) is 34.8 Å². The maximum Gasteiger partial charge on any atom is 0.141 e. The van der Waals surface area contributed by atoms with Gasteiger partial charge >= 0.3 is 0 Å². The lowest BCUT2D eigenvalue weighted by Crippen LogP contribution is -2.01. The lowest BCUT2D eigenvalue weighted by molar-refractivity contribution is 0.764. The van der Waals surface area contributed by atoms with Crippen LogP contribution < -0.4 is 5.32 Å². The highest BCUT2D eigenvalue weighted by atomic mass is 15.0. The van der Waals surface area contributed by atoms with Crippen molar-refractivity contribution < 1.29 is 0 Å². The first kappa shape index (κ1) is 8.00. The van der Waals surface area contributed by atoms with Crippen molar-refractivity contribution in [2.24, 2.45) is 0 Å². The Morgan fingerprint density at radius 2 is 2.07 bits per heavy atom. The molecule has 0 amide bonds. The van der Waals surface area contributed by atoms with Gasteiger partial charge in [0.15, 0.2) is 0 Å². The number of nitrogens with zero attached hydrogens (tertiary/aromatic N) is 2. The molecule has 0 spiro atoms. The van der Waals surface area contributed by atoms with Crippen LogP contribution in [0, 0.1) is 13.8 Å². The normalized spacial score (nSPS) is 15.0. The average molecular weight is 187 g/mol. The number of aryl methyl sites for hydroxylation is 1. The topological polar surface area (TPSA) is 29.3 Å². The van der Waals surface area contributed by atoms with Crippen LogP contribution in [0.2, 0.25) is 0 Å². The summed E-state index contributed by atoms with van der Waals surface area (Å²) in [5, 5.41) is 3.38. The molecule has 0 fully saturated rings. The highest BCUT2D eigenvalue weighted by molar-refractivity contribution is 5.57. The molecular weight excluding hydrogens is 174 g/mol. The van der Waals surface area contributed by atoms with Gasteiger partial charge in [-0.2, -0.15) is 0 Å². The number of nitrogens with one attached hydrogen (secondary N) is 1. The van der Waals surface area contributed by atoms with E-state index in [4.69, 9.17) is 0 Å². The van der Waals surface area contributed by atoms with Crippen LogP contribution in [0.15, 0.2) is 12.4 Å². The fourth-order valence-corrected chi connectivity index (χ4v) is 2.30. The maximum absolute atomic E-state index is 4.42. The van der Waals surface area contributed by atoms with Crippen LogP contribution in [0.1, 0.15) is 22.4 Å². The van der Waals surface area contributed by atoms with Gasteiger partial charge in [-0.15, -0.1) is 0 Å². The molecule has 0 bridgehead atoms. The SMILES string of the molecule is Cc1c2c(c3nccn3c1C)CNC2. The number of pyridine rings is 1. The molecule has 0 radical (unpaired) electrons. The van der Waals surface area contributed by atoms with E-state index in [-0.39, 0.29) is 0 Å². The molecule has 0 aliphatic carbocycles. The third-order valence-corrected chi connectivity index (χ3v) is 3.24. The molecule has 1 N–H and O–H groups in total. The Kier molecular flexibility index (Phi) is 1.47. The summed E-state index contributed by atoms with van der Waals surface area (Å²) in [6, 6.07) is 0. The first-order chi connectivity index (χ1) is 6.79. The Hall–Kier alpha value is -1.35. The van der Waals surface area contributed by atoms with Crippen LogP contribution in [0.4, 0.5) is 0 Å². The molecule has 0 saturated heterocycles. The zero-order valence-corrected chi connectivity index (χ0v) is 8.46. The third-order valence-electron chi connectivity index (χ3n) is 3.24. The summed E-state index contributed by atoms with van der Waals surface area (Å²) in [6.45, 7) is 6.30. The van der Waals surface area contributed by atoms with E-state index < -0.39 is 0 Å². The highest BCUT2D eigenvalue weighted by Gasteiger charge is 2.19. The Labute approximate surface area is 82.8 Å². The predicted octanol–water partition coefficient (Wildman–Crippen LogP) is 1.55. The van der Waals surface area contributed by atoms with Crippen molar-refractivity contribution in [1.82, 2.24) is 14.7 Å². The van der Waals surface area contributed by atoms with Crippen molar-refractivity contribution >= 4 is 5.65 Å². The van der Waals surface area contributed by atoms with E-state index in [9.17, 15) is 0 Å². The van der Waals surface area contributed by atoms with Crippen LogP contribution in [0.5, 0.6) is 0 Å². The number of hydrogen-bond donors (Lipinski definition) is 1. The van der Waals surface area contributed by atoms with Crippen molar-refractivity contribution in [2.45, 2.75) is 26.9 Å². The van der Waals surface area contributed by atoms with E-state index in [1.165, 1.54) is 22.4 Å². The summed E-state index contributed by atoms with van der Waals surface area (Å²) in [5.41, 5.74) is 6.64. The minimum absolute atomic E-state index is 0.955. The minimum Gasteiger partial charge on any atom is -0.308 e. The quantitative estimate of drug-likeness (QED) is 0.678. The van der Waals surface area contributed by atoms with Gasteiger partial charge in [0, 0.05) is 36.7 Å². The standard InChI is InChI=1S/C11H13N3/c1-7-8(2)14-4-3-13-11(14)10-6-12-5-9(7)10/h3-4,12H,5-6H2,1-2H3. The molecule has 1 aliphatic heterocycles. The van der Waals surface area contributed by atoms with Gasteiger partial charge in [-0.05, 0) is 25.0 Å². The smallest absolute Gasteiger partial charge is 0.141 e. The lowest BCUT2D eigenvalue weighted by atomic mass is 10.0. The van der Waals surface area contributed by atoms with Crippen LogP contribution in [0.3, 0.4) is 0 Å².